The summed E-state index contributed by atoms with van der Waals surface area (Å²) in [5.74, 6) is -0.166. The smallest absolute Gasteiger partial charge is 0.231 e. The molecule has 2 atom stereocenters. The zero-order valence-corrected chi connectivity index (χ0v) is 9.08. The molecule has 0 spiro atoms. The number of carbonyl (C=O) groups is 1. The minimum atomic E-state index is -0.0925. The van der Waals surface area contributed by atoms with E-state index >= 15 is 0 Å². The number of hydrogen-bond acceptors (Lipinski definition) is 6. The van der Waals surface area contributed by atoms with E-state index in [2.05, 4.69) is 15.5 Å². The lowest BCUT2D eigenvalue weighted by Gasteiger charge is -2.05. The molecule has 2 heterocycles. The van der Waals surface area contributed by atoms with Gasteiger partial charge < -0.3 is 15.8 Å². The van der Waals surface area contributed by atoms with Crippen molar-refractivity contribution in [2.24, 2.45) is 5.92 Å². The van der Waals surface area contributed by atoms with Crippen molar-refractivity contribution in [3.8, 4) is 0 Å². The maximum absolute atomic E-state index is 11.7. The number of nitrogen functional groups attached to an aromatic ring is 1. The van der Waals surface area contributed by atoms with Gasteiger partial charge in [0, 0.05) is 0 Å². The summed E-state index contributed by atoms with van der Waals surface area (Å²) in [6.45, 7) is 2.43. The Bertz CT molecular complexity index is 367. The molecule has 0 bridgehead atoms. The number of ether oxygens (including phenoxy) is 1. The monoisotopic (exact) mass is 228 g/mol. The van der Waals surface area contributed by atoms with E-state index in [-0.39, 0.29) is 17.9 Å². The van der Waals surface area contributed by atoms with Crippen molar-refractivity contribution < 1.29 is 9.53 Å². The fraction of sp³-hybridized carbons (Fsp3) is 0.625. The Balaban J connectivity index is 1.92. The first-order chi connectivity index (χ1) is 7.15. The first-order valence-corrected chi connectivity index (χ1v) is 5.48. The molecule has 1 fully saturated rings. The van der Waals surface area contributed by atoms with Crippen molar-refractivity contribution in [1.82, 2.24) is 10.2 Å². The van der Waals surface area contributed by atoms with Crippen LogP contribution in [0, 0.1) is 5.92 Å². The van der Waals surface area contributed by atoms with Crippen molar-refractivity contribution in [3.63, 3.8) is 0 Å². The highest BCUT2D eigenvalue weighted by molar-refractivity contribution is 7.18. The second-order valence-corrected chi connectivity index (χ2v) is 4.52. The van der Waals surface area contributed by atoms with Gasteiger partial charge in [-0.3, -0.25) is 4.79 Å². The summed E-state index contributed by atoms with van der Waals surface area (Å²) >= 11 is 1.16. The van der Waals surface area contributed by atoms with Crippen LogP contribution in [0.1, 0.15) is 13.3 Å². The molecule has 7 heteroatoms. The van der Waals surface area contributed by atoms with Gasteiger partial charge in [0.05, 0.1) is 18.6 Å². The van der Waals surface area contributed by atoms with Crippen molar-refractivity contribution in [3.05, 3.63) is 0 Å². The highest BCUT2D eigenvalue weighted by Gasteiger charge is 2.28. The zero-order valence-electron chi connectivity index (χ0n) is 8.27. The zero-order chi connectivity index (χ0) is 10.8. The number of anilines is 2. The molecule has 0 aliphatic carbocycles. The quantitative estimate of drug-likeness (QED) is 0.768. The molecule has 2 rings (SSSR count). The van der Waals surface area contributed by atoms with Gasteiger partial charge >= 0.3 is 0 Å². The molecule has 0 saturated carbocycles. The van der Waals surface area contributed by atoms with Crippen LogP contribution < -0.4 is 11.1 Å². The molecule has 3 N–H and O–H groups in total. The van der Waals surface area contributed by atoms with Crippen molar-refractivity contribution in [2.45, 2.75) is 19.4 Å². The average Bonchev–Trinajstić information content (AvgIpc) is 2.75. The Morgan fingerprint density at radius 3 is 3.00 bits per heavy atom. The van der Waals surface area contributed by atoms with Crippen LogP contribution in [0.2, 0.25) is 0 Å². The number of hydrogen-bond donors (Lipinski definition) is 2. The maximum atomic E-state index is 11.7. The van der Waals surface area contributed by atoms with Crippen molar-refractivity contribution in [2.75, 3.05) is 17.7 Å². The standard InChI is InChI=1S/C8H12N4O2S/c1-4-2-5(3-14-4)6(13)10-8-12-11-7(9)15-8/h4-5H,2-3H2,1H3,(H2,9,11)(H,10,12,13). The number of rotatable bonds is 2. The van der Waals surface area contributed by atoms with Gasteiger partial charge in [-0.1, -0.05) is 11.3 Å². The molecule has 0 radical (unpaired) electrons. The van der Waals surface area contributed by atoms with E-state index < -0.39 is 0 Å². The second kappa shape index (κ2) is 4.11. The fourth-order valence-corrected chi connectivity index (χ4v) is 2.01. The summed E-state index contributed by atoms with van der Waals surface area (Å²) in [4.78, 5) is 11.7. The number of nitrogens with one attached hydrogen (secondary N) is 1. The minimum Gasteiger partial charge on any atom is -0.378 e. The van der Waals surface area contributed by atoms with E-state index in [1.54, 1.807) is 0 Å². The van der Waals surface area contributed by atoms with Crippen LogP contribution in [0.25, 0.3) is 0 Å². The van der Waals surface area contributed by atoms with E-state index in [0.29, 0.717) is 16.9 Å². The van der Waals surface area contributed by atoms with Gasteiger partial charge in [0.2, 0.25) is 16.2 Å². The summed E-state index contributed by atoms with van der Waals surface area (Å²) in [5, 5.41) is 10.8. The van der Waals surface area contributed by atoms with E-state index in [4.69, 9.17) is 10.5 Å². The summed E-state index contributed by atoms with van der Waals surface area (Å²) in [7, 11) is 0. The molecule has 2 unspecified atom stereocenters. The average molecular weight is 228 g/mol. The lowest BCUT2D eigenvalue weighted by atomic mass is 10.1. The Morgan fingerprint density at radius 1 is 1.67 bits per heavy atom. The maximum Gasteiger partial charge on any atom is 0.231 e. The van der Waals surface area contributed by atoms with E-state index in [1.165, 1.54) is 0 Å². The highest BCUT2D eigenvalue weighted by Crippen LogP contribution is 2.22. The molecule has 1 aromatic heterocycles. The largest absolute Gasteiger partial charge is 0.378 e. The van der Waals surface area contributed by atoms with Gasteiger partial charge in [0.25, 0.3) is 0 Å². The highest BCUT2D eigenvalue weighted by atomic mass is 32.1. The molecular weight excluding hydrogens is 216 g/mol. The van der Waals surface area contributed by atoms with Crippen LogP contribution in [0.5, 0.6) is 0 Å². The Morgan fingerprint density at radius 2 is 2.47 bits per heavy atom. The van der Waals surface area contributed by atoms with E-state index in [1.807, 2.05) is 6.92 Å². The van der Waals surface area contributed by atoms with Crippen LogP contribution in [-0.2, 0) is 9.53 Å². The van der Waals surface area contributed by atoms with Gasteiger partial charge in [-0.2, -0.15) is 0 Å². The Labute approximate surface area is 90.8 Å². The van der Waals surface area contributed by atoms with Crippen LogP contribution in [0.3, 0.4) is 0 Å². The number of nitrogens with two attached hydrogens (primary N) is 1. The first kappa shape index (κ1) is 10.3. The van der Waals surface area contributed by atoms with Gasteiger partial charge in [-0.25, -0.2) is 0 Å². The van der Waals surface area contributed by atoms with E-state index in [0.717, 1.165) is 17.8 Å². The van der Waals surface area contributed by atoms with Crippen molar-refractivity contribution in [1.29, 1.82) is 0 Å². The Hall–Kier alpha value is -1.21. The number of amides is 1. The van der Waals surface area contributed by atoms with Crippen LogP contribution in [0.15, 0.2) is 0 Å². The van der Waals surface area contributed by atoms with Gasteiger partial charge in [0.1, 0.15) is 0 Å². The van der Waals surface area contributed by atoms with Crippen LogP contribution in [0.4, 0.5) is 10.3 Å². The molecule has 1 saturated heterocycles. The molecule has 1 amide bonds. The van der Waals surface area contributed by atoms with Gasteiger partial charge in [0.15, 0.2) is 0 Å². The topological polar surface area (TPSA) is 90.1 Å². The number of aromatic nitrogens is 2. The molecule has 0 aromatic carbocycles. The second-order valence-electron chi connectivity index (χ2n) is 3.51. The fourth-order valence-electron chi connectivity index (χ4n) is 1.49. The SMILES string of the molecule is CC1CC(C(=O)Nc2nnc(N)s2)CO1. The van der Waals surface area contributed by atoms with Gasteiger partial charge in [-0.05, 0) is 13.3 Å². The third-order valence-electron chi connectivity index (χ3n) is 2.24. The molecule has 1 aliphatic rings. The van der Waals surface area contributed by atoms with Crippen LogP contribution >= 0.6 is 11.3 Å². The molecule has 1 aromatic rings. The lowest BCUT2D eigenvalue weighted by molar-refractivity contribution is -0.119. The number of nitrogens with zero attached hydrogens (tertiary/aromatic N) is 2. The summed E-state index contributed by atoms with van der Waals surface area (Å²) in [5.41, 5.74) is 5.40. The normalized spacial score (nSPS) is 25.4. The Kier molecular flexibility index (Phi) is 2.83. The summed E-state index contributed by atoms with van der Waals surface area (Å²) in [6, 6.07) is 0. The predicted molar refractivity (Wildman–Crippen MR) is 56.5 cm³/mol. The third-order valence-corrected chi connectivity index (χ3v) is 2.91. The third kappa shape index (κ3) is 2.42. The van der Waals surface area contributed by atoms with E-state index in [9.17, 15) is 4.79 Å². The number of carbonyl (C=O) groups excluding carboxylic acids is 1. The minimum absolute atomic E-state index is 0.0736. The van der Waals surface area contributed by atoms with Gasteiger partial charge in [-0.15, -0.1) is 10.2 Å². The summed E-state index contributed by atoms with van der Waals surface area (Å²) in [6.07, 6.45) is 0.903. The molecule has 15 heavy (non-hydrogen) atoms. The lowest BCUT2D eigenvalue weighted by Crippen LogP contribution is -2.22. The predicted octanol–water partition coefficient (Wildman–Crippen LogP) is 0.484. The van der Waals surface area contributed by atoms with Crippen molar-refractivity contribution >= 4 is 27.5 Å². The molecule has 1 aliphatic heterocycles. The van der Waals surface area contributed by atoms with Crippen LogP contribution in [-0.4, -0.2) is 28.8 Å². The molecule has 6 nitrogen and oxygen atoms in total. The first-order valence-electron chi connectivity index (χ1n) is 4.66. The molecular formula is C8H12N4O2S. The summed E-state index contributed by atoms with van der Waals surface area (Å²) < 4.78 is 5.31. The molecule has 82 valence electrons.